The number of carbonyl (C=O) groups is 1. The maximum atomic E-state index is 13.8. The quantitative estimate of drug-likeness (QED) is 0.396. The lowest BCUT2D eigenvalue weighted by molar-refractivity contribution is -0.127. The van der Waals surface area contributed by atoms with Crippen LogP contribution in [0.15, 0.2) is 71.6 Å². The lowest BCUT2D eigenvalue weighted by Crippen LogP contribution is -2.51. The second-order valence-corrected chi connectivity index (χ2v) is 11.9. The van der Waals surface area contributed by atoms with E-state index in [1.54, 1.807) is 49.6 Å². The molecule has 0 spiro atoms. The summed E-state index contributed by atoms with van der Waals surface area (Å²) in [6, 6.07) is 18.7. The Balaban J connectivity index is 1.53. The first kappa shape index (κ1) is 28.1. The normalized spacial score (nSPS) is 15.1. The van der Waals surface area contributed by atoms with Gasteiger partial charge in [0.25, 0.3) is 15.9 Å². The number of nitrogens with one attached hydrogen (secondary N) is 1. The van der Waals surface area contributed by atoms with E-state index in [2.05, 4.69) is 5.32 Å². The fourth-order valence-corrected chi connectivity index (χ4v) is 5.55. The Morgan fingerprint density at radius 1 is 0.949 bits per heavy atom. The summed E-state index contributed by atoms with van der Waals surface area (Å²) in [5.74, 6) is 1.78. The van der Waals surface area contributed by atoms with Gasteiger partial charge in [-0.05, 0) is 71.6 Å². The van der Waals surface area contributed by atoms with Gasteiger partial charge in [0.1, 0.15) is 29.6 Å². The van der Waals surface area contributed by atoms with Crippen LogP contribution in [0.2, 0.25) is 0 Å². The maximum absolute atomic E-state index is 13.8. The van der Waals surface area contributed by atoms with Crippen molar-refractivity contribution in [3.05, 3.63) is 72.3 Å². The molecule has 1 atom stereocenters. The van der Waals surface area contributed by atoms with E-state index in [1.807, 2.05) is 32.9 Å². The molecule has 1 heterocycles. The van der Waals surface area contributed by atoms with Crippen LogP contribution in [0.25, 0.3) is 0 Å². The third-order valence-electron chi connectivity index (χ3n) is 6.36. The molecular weight excluding hydrogens is 520 g/mol. The first-order valence-electron chi connectivity index (χ1n) is 12.6. The van der Waals surface area contributed by atoms with E-state index in [0.717, 1.165) is 5.56 Å². The number of ether oxygens (including phenoxy) is 4. The molecule has 0 unspecified atom stereocenters. The molecule has 0 saturated heterocycles. The van der Waals surface area contributed by atoms with Gasteiger partial charge in [0, 0.05) is 0 Å². The van der Waals surface area contributed by atoms with E-state index in [1.165, 1.54) is 23.5 Å². The molecule has 0 radical (unpaired) electrons. The second-order valence-electron chi connectivity index (χ2n) is 10.1. The number of rotatable bonds is 9. The Hall–Kier alpha value is -3.92. The van der Waals surface area contributed by atoms with Crippen molar-refractivity contribution in [1.29, 1.82) is 0 Å². The molecule has 3 aromatic carbocycles. The average molecular weight is 555 g/mol. The first-order valence-corrected chi connectivity index (χ1v) is 14.0. The van der Waals surface area contributed by atoms with Crippen molar-refractivity contribution in [1.82, 2.24) is 5.32 Å². The minimum atomic E-state index is -4.01. The molecule has 0 saturated carbocycles. The van der Waals surface area contributed by atoms with Crippen molar-refractivity contribution < 1.29 is 32.2 Å². The zero-order valence-corrected chi connectivity index (χ0v) is 23.6. The van der Waals surface area contributed by atoms with Crippen molar-refractivity contribution in [3.8, 4) is 23.0 Å². The number of benzene rings is 3. The molecular formula is C29H34N2O7S. The largest absolute Gasteiger partial charge is 0.497 e. The molecule has 4 rings (SSSR count). The fourth-order valence-electron chi connectivity index (χ4n) is 4.09. The van der Waals surface area contributed by atoms with Crippen LogP contribution < -0.4 is 28.6 Å². The molecule has 0 fully saturated rings. The minimum absolute atomic E-state index is 0.0874. The highest BCUT2D eigenvalue weighted by molar-refractivity contribution is 7.92. The van der Waals surface area contributed by atoms with Gasteiger partial charge in [-0.2, -0.15) is 0 Å². The van der Waals surface area contributed by atoms with Crippen molar-refractivity contribution in [3.63, 3.8) is 0 Å². The van der Waals surface area contributed by atoms with Crippen molar-refractivity contribution in [2.45, 2.75) is 37.2 Å². The third-order valence-corrected chi connectivity index (χ3v) is 8.16. The Bertz CT molecular complexity index is 1400. The van der Waals surface area contributed by atoms with Gasteiger partial charge in [0.15, 0.2) is 6.10 Å². The summed E-state index contributed by atoms with van der Waals surface area (Å²) in [7, 11) is -0.911. The van der Waals surface area contributed by atoms with Crippen molar-refractivity contribution in [2.24, 2.45) is 0 Å². The van der Waals surface area contributed by atoms with E-state index in [4.69, 9.17) is 18.9 Å². The molecule has 1 aliphatic rings. The number of sulfonamides is 1. The van der Waals surface area contributed by atoms with Gasteiger partial charge in [0.05, 0.1) is 37.9 Å². The van der Waals surface area contributed by atoms with Gasteiger partial charge in [-0.3, -0.25) is 9.10 Å². The molecule has 10 heteroatoms. The van der Waals surface area contributed by atoms with E-state index in [9.17, 15) is 13.2 Å². The zero-order chi connectivity index (χ0) is 28.2. The summed E-state index contributed by atoms with van der Waals surface area (Å²) in [6.45, 7) is 6.40. The minimum Gasteiger partial charge on any atom is -0.497 e. The molecule has 1 amide bonds. The molecule has 208 valence electrons. The summed E-state index contributed by atoms with van der Waals surface area (Å²) < 4.78 is 50.9. The van der Waals surface area contributed by atoms with Crippen molar-refractivity contribution >= 4 is 21.6 Å². The zero-order valence-electron chi connectivity index (χ0n) is 22.8. The number of fused-ring (bicyclic) bond motifs is 1. The number of nitrogens with zero attached hydrogens (tertiary/aromatic N) is 1. The van der Waals surface area contributed by atoms with Crippen LogP contribution in [0.5, 0.6) is 23.0 Å². The lowest BCUT2D eigenvalue weighted by Gasteiger charge is -2.36. The highest BCUT2D eigenvalue weighted by Gasteiger charge is 2.38. The monoisotopic (exact) mass is 554 g/mol. The summed E-state index contributed by atoms with van der Waals surface area (Å²) in [4.78, 5) is 13.2. The number of hydrogen-bond acceptors (Lipinski definition) is 7. The summed E-state index contributed by atoms with van der Waals surface area (Å²) in [5, 5.41) is 2.79. The molecule has 9 nitrogen and oxygen atoms in total. The number of amides is 1. The van der Waals surface area contributed by atoms with Gasteiger partial charge in [-0.15, -0.1) is 0 Å². The average Bonchev–Trinajstić information content (AvgIpc) is 2.94. The van der Waals surface area contributed by atoms with Crippen LogP contribution in [-0.2, 0) is 20.2 Å². The number of methoxy groups -OCH3 is 2. The van der Waals surface area contributed by atoms with Crippen LogP contribution in [0.3, 0.4) is 0 Å². The van der Waals surface area contributed by atoms with Crippen LogP contribution >= 0.6 is 0 Å². The standard InChI is InChI=1S/C29H34N2O7S/c1-29(2,3)20-6-15-26-25(18-20)31(39(33,34)24-13-11-22(36-5)12-14-24)19-27(38-26)28(32)30-16-17-37-23-9-7-21(35-4)8-10-23/h6-15,18,27H,16-17,19H2,1-5H3,(H,30,32)/t27-/m0/s1. The van der Waals surface area contributed by atoms with Crippen LogP contribution in [0.1, 0.15) is 26.3 Å². The van der Waals surface area contributed by atoms with Crippen LogP contribution in [-0.4, -0.2) is 54.3 Å². The molecule has 1 aliphatic heterocycles. The predicted molar refractivity (Wildman–Crippen MR) is 149 cm³/mol. The van der Waals surface area contributed by atoms with Gasteiger partial charge in [0.2, 0.25) is 0 Å². The van der Waals surface area contributed by atoms with E-state index >= 15 is 0 Å². The Kier molecular flexibility index (Phi) is 8.25. The Morgan fingerprint density at radius 2 is 1.54 bits per heavy atom. The van der Waals surface area contributed by atoms with Gasteiger partial charge in [-0.25, -0.2) is 8.42 Å². The summed E-state index contributed by atoms with van der Waals surface area (Å²) >= 11 is 0. The lowest BCUT2D eigenvalue weighted by atomic mass is 9.86. The number of hydrogen-bond donors (Lipinski definition) is 1. The Morgan fingerprint density at radius 3 is 2.13 bits per heavy atom. The molecule has 3 aromatic rings. The third kappa shape index (κ3) is 6.39. The highest BCUT2D eigenvalue weighted by Crippen LogP contribution is 2.40. The van der Waals surface area contributed by atoms with Gasteiger partial charge < -0.3 is 24.3 Å². The molecule has 0 aromatic heterocycles. The summed E-state index contributed by atoms with van der Waals surface area (Å²) in [5.41, 5.74) is 1.12. The van der Waals surface area contributed by atoms with Crippen molar-refractivity contribution in [2.75, 3.05) is 38.2 Å². The first-order chi connectivity index (χ1) is 18.5. The molecule has 1 N–H and O–H groups in total. The van der Waals surface area contributed by atoms with E-state index in [0.29, 0.717) is 28.7 Å². The van der Waals surface area contributed by atoms with Gasteiger partial charge in [-0.1, -0.05) is 26.8 Å². The smallest absolute Gasteiger partial charge is 0.264 e. The molecule has 39 heavy (non-hydrogen) atoms. The topological polar surface area (TPSA) is 103 Å². The fraction of sp³-hybridized carbons (Fsp3) is 0.345. The highest BCUT2D eigenvalue weighted by atomic mass is 32.2. The predicted octanol–water partition coefficient (Wildman–Crippen LogP) is 4.15. The van der Waals surface area contributed by atoms with Gasteiger partial charge >= 0.3 is 0 Å². The van der Waals surface area contributed by atoms with E-state index in [-0.39, 0.29) is 30.0 Å². The second kappa shape index (κ2) is 11.4. The Labute approximate surface area is 229 Å². The molecule has 0 bridgehead atoms. The summed E-state index contributed by atoms with van der Waals surface area (Å²) in [6.07, 6.45) is -1.05. The maximum Gasteiger partial charge on any atom is 0.264 e. The molecule has 0 aliphatic carbocycles. The van der Waals surface area contributed by atoms with Crippen LogP contribution in [0, 0.1) is 0 Å². The number of carbonyl (C=O) groups excluding carboxylic acids is 1. The number of anilines is 1. The van der Waals surface area contributed by atoms with E-state index < -0.39 is 22.0 Å². The van der Waals surface area contributed by atoms with Crippen LogP contribution in [0.4, 0.5) is 5.69 Å². The SMILES string of the molecule is COc1ccc(OCCNC(=O)[C@@H]2CN(S(=O)(=O)c3ccc(OC)cc3)c3cc(C(C)(C)C)ccc3O2)cc1.